The second-order valence-corrected chi connectivity index (χ2v) is 6.53. The van der Waals surface area contributed by atoms with Gasteiger partial charge in [-0.05, 0) is 50.1 Å². The molecule has 7 nitrogen and oxygen atoms in total. The van der Waals surface area contributed by atoms with Crippen LogP contribution in [0.4, 0.5) is 17.3 Å². The molecular formula is C19H23N5O2. The number of nitrogens with one attached hydrogen (secondary N) is 2. The van der Waals surface area contributed by atoms with Gasteiger partial charge in [0.2, 0.25) is 17.8 Å². The summed E-state index contributed by atoms with van der Waals surface area (Å²) in [4.78, 5) is 34.5. The first-order valence-corrected chi connectivity index (χ1v) is 8.74. The normalized spacial score (nSPS) is 16.8. The maximum absolute atomic E-state index is 12.6. The smallest absolute Gasteiger partial charge is 0.229 e. The molecule has 136 valence electrons. The minimum atomic E-state index is -0.123. The third-order valence-corrected chi connectivity index (χ3v) is 4.33. The van der Waals surface area contributed by atoms with Crippen molar-refractivity contribution in [2.45, 2.75) is 26.7 Å². The standard InChI is InChI=1S/C19H23N5O2/c1-13-9-10-20-19(21-13)24-11-3-4-15(12-24)18(26)23-17-7-5-16(6-8-17)22-14(2)25/h5-10,15H,3-4,11-12H2,1-2H3,(H,22,25)(H,23,26)/t15-/m0/s1. The molecule has 0 bridgehead atoms. The number of nitrogens with zero attached hydrogens (tertiary/aromatic N) is 3. The van der Waals surface area contributed by atoms with Gasteiger partial charge in [-0.3, -0.25) is 9.59 Å². The summed E-state index contributed by atoms with van der Waals surface area (Å²) < 4.78 is 0. The molecule has 1 saturated heterocycles. The number of piperidine rings is 1. The zero-order valence-corrected chi connectivity index (χ0v) is 15.0. The van der Waals surface area contributed by atoms with E-state index in [-0.39, 0.29) is 17.7 Å². The zero-order valence-electron chi connectivity index (χ0n) is 15.0. The molecule has 26 heavy (non-hydrogen) atoms. The summed E-state index contributed by atoms with van der Waals surface area (Å²) in [5, 5.41) is 5.66. The number of anilines is 3. The first-order chi connectivity index (χ1) is 12.5. The van der Waals surface area contributed by atoms with Gasteiger partial charge >= 0.3 is 0 Å². The quantitative estimate of drug-likeness (QED) is 0.882. The fourth-order valence-electron chi connectivity index (χ4n) is 3.05. The Hall–Kier alpha value is -2.96. The Labute approximate surface area is 152 Å². The number of rotatable bonds is 4. The van der Waals surface area contributed by atoms with Crippen LogP contribution in [-0.2, 0) is 9.59 Å². The highest BCUT2D eigenvalue weighted by molar-refractivity contribution is 5.94. The minimum absolute atomic E-state index is 0.00497. The third kappa shape index (κ3) is 4.56. The van der Waals surface area contributed by atoms with E-state index < -0.39 is 0 Å². The van der Waals surface area contributed by atoms with Crippen molar-refractivity contribution in [1.29, 1.82) is 0 Å². The Kier molecular flexibility index (Phi) is 5.46. The molecule has 0 radical (unpaired) electrons. The van der Waals surface area contributed by atoms with Crippen LogP contribution >= 0.6 is 0 Å². The van der Waals surface area contributed by atoms with Crippen molar-refractivity contribution in [3.05, 3.63) is 42.2 Å². The molecule has 7 heteroatoms. The van der Waals surface area contributed by atoms with Crippen LogP contribution in [0.2, 0.25) is 0 Å². The summed E-state index contributed by atoms with van der Waals surface area (Å²) in [6.45, 7) is 4.87. The predicted molar refractivity (Wildman–Crippen MR) is 101 cm³/mol. The molecule has 1 fully saturated rings. The number of aryl methyl sites for hydroxylation is 1. The summed E-state index contributed by atoms with van der Waals surface area (Å²) >= 11 is 0. The number of amides is 2. The third-order valence-electron chi connectivity index (χ3n) is 4.33. The van der Waals surface area contributed by atoms with Crippen LogP contribution in [0, 0.1) is 12.8 Å². The lowest BCUT2D eigenvalue weighted by Crippen LogP contribution is -2.41. The topological polar surface area (TPSA) is 87.2 Å². The van der Waals surface area contributed by atoms with Gasteiger partial charge < -0.3 is 15.5 Å². The van der Waals surface area contributed by atoms with E-state index in [1.165, 1.54) is 6.92 Å². The van der Waals surface area contributed by atoms with Crippen LogP contribution in [0.15, 0.2) is 36.5 Å². The van der Waals surface area contributed by atoms with Crippen LogP contribution in [-0.4, -0.2) is 34.9 Å². The average Bonchev–Trinajstić information content (AvgIpc) is 2.63. The maximum Gasteiger partial charge on any atom is 0.229 e. The number of aromatic nitrogens is 2. The van der Waals surface area contributed by atoms with E-state index >= 15 is 0 Å². The highest BCUT2D eigenvalue weighted by Crippen LogP contribution is 2.22. The number of hydrogen-bond donors (Lipinski definition) is 2. The number of benzene rings is 1. The number of carbonyl (C=O) groups is 2. The predicted octanol–water partition coefficient (Wildman–Crippen LogP) is 2.60. The lowest BCUT2D eigenvalue weighted by molar-refractivity contribution is -0.120. The molecule has 0 spiro atoms. The van der Waals surface area contributed by atoms with Gasteiger partial charge in [0.25, 0.3) is 0 Å². The Morgan fingerprint density at radius 1 is 1.12 bits per heavy atom. The molecule has 2 amide bonds. The summed E-state index contributed by atoms with van der Waals surface area (Å²) in [7, 11) is 0. The van der Waals surface area contributed by atoms with E-state index in [1.807, 2.05) is 13.0 Å². The van der Waals surface area contributed by atoms with Crippen LogP contribution in [0.1, 0.15) is 25.5 Å². The Balaban J connectivity index is 1.61. The Bertz CT molecular complexity index is 791. The Morgan fingerprint density at radius 2 is 1.81 bits per heavy atom. The molecule has 2 aromatic rings. The Morgan fingerprint density at radius 3 is 2.46 bits per heavy atom. The van der Waals surface area contributed by atoms with Crippen molar-refractivity contribution in [3.8, 4) is 0 Å². The van der Waals surface area contributed by atoms with Gasteiger partial charge in [-0.25, -0.2) is 9.97 Å². The second-order valence-electron chi connectivity index (χ2n) is 6.53. The van der Waals surface area contributed by atoms with Gasteiger partial charge in [-0.1, -0.05) is 0 Å². The summed E-state index contributed by atoms with van der Waals surface area (Å²) in [5.41, 5.74) is 2.34. The lowest BCUT2D eigenvalue weighted by Gasteiger charge is -2.32. The fraction of sp³-hybridized carbons (Fsp3) is 0.368. The van der Waals surface area contributed by atoms with E-state index in [9.17, 15) is 9.59 Å². The molecule has 2 heterocycles. The highest BCUT2D eigenvalue weighted by Gasteiger charge is 2.27. The maximum atomic E-state index is 12.6. The molecular weight excluding hydrogens is 330 g/mol. The van der Waals surface area contributed by atoms with Crippen molar-refractivity contribution >= 4 is 29.1 Å². The SMILES string of the molecule is CC(=O)Nc1ccc(NC(=O)[C@H]2CCCN(c3nccc(C)n3)C2)cc1. The lowest BCUT2D eigenvalue weighted by atomic mass is 9.97. The van der Waals surface area contributed by atoms with Crippen molar-refractivity contribution in [2.24, 2.45) is 5.92 Å². The van der Waals surface area contributed by atoms with E-state index in [4.69, 9.17) is 0 Å². The molecule has 1 aromatic carbocycles. The van der Waals surface area contributed by atoms with Gasteiger partial charge in [0.15, 0.2) is 0 Å². The van der Waals surface area contributed by atoms with Gasteiger partial charge in [0.1, 0.15) is 0 Å². The zero-order chi connectivity index (χ0) is 18.5. The highest BCUT2D eigenvalue weighted by atomic mass is 16.2. The molecule has 3 rings (SSSR count). The van der Waals surface area contributed by atoms with E-state index in [1.54, 1.807) is 30.5 Å². The summed E-state index contributed by atoms with van der Waals surface area (Å²) in [6.07, 6.45) is 3.52. The number of hydrogen-bond acceptors (Lipinski definition) is 5. The molecule has 0 aliphatic carbocycles. The average molecular weight is 353 g/mol. The van der Waals surface area contributed by atoms with E-state index in [2.05, 4.69) is 25.5 Å². The van der Waals surface area contributed by atoms with E-state index in [0.717, 1.165) is 25.1 Å². The molecule has 1 aliphatic heterocycles. The van der Waals surface area contributed by atoms with Crippen LogP contribution in [0.25, 0.3) is 0 Å². The molecule has 1 atom stereocenters. The first kappa shape index (κ1) is 17.8. The second kappa shape index (κ2) is 7.95. The molecule has 2 N–H and O–H groups in total. The molecule has 0 unspecified atom stereocenters. The summed E-state index contributed by atoms with van der Waals surface area (Å²) in [6, 6.07) is 8.97. The van der Waals surface area contributed by atoms with Crippen molar-refractivity contribution in [1.82, 2.24) is 9.97 Å². The van der Waals surface area contributed by atoms with Gasteiger partial charge in [0, 0.05) is 43.3 Å². The van der Waals surface area contributed by atoms with Crippen LogP contribution in [0.3, 0.4) is 0 Å². The summed E-state index contributed by atoms with van der Waals surface area (Å²) in [5.74, 6) is 0.446. The van der Waals surface area contributed by atoms with E-state index in [0.29, 0.717) is 23.9 Å². The monoisotopic (exact) mass is 353 g/mol. The van der Waals surface area contributed by atoms with Crippen molar-refractivity contribution < 1.29 is 9.59 Å². The van der Waals surface area contributed by atoms with Crippen LogP contribution < -0.4 is 15.5 Å². The number of carbonyl (C=O) groups excluding carboxylic acids is 2. The fourth-order valence-corrected chi connectivity index (χ4v) is 3.05. The minimum Gasteiger partial charge on any atom is -0.340 e. The molecule has 0 saturated carbocycles. The first-order valence-electron chi connectivity index (χ1n) is 8.74. The van der Waals surface area contributed by atoms with Gasteiger partial charge in [0.05, 0.1) is 5.92 Å². The van der Waals surface area contributed by atoms with Gasteiger partial charge in [-0.15, -0.1) is 0 Å². The van der Waals surface area contributed by atoms with Crippen LogP contribution in [0.5, 0.6) is 0 Å². The van der Waals surface area contributed by atoms with Crippen molar-refractivity contribution in [2.75, 3.05) is 28.6 Å². The largest absolute Gasteiger partial charge is 0.340 e. The van der Waals surface area contributed by atoms with Gasteiger partial charge in [-0.2, -0.15) is 0 Å². The molecule has 1 aliphatic rings. The molecule has 1 aromatic heterocycles. The van der Waals surface area contributed by atoms with Crippen molar-refractivity contribution in [3.63, 3.8) is 0 Å².